The van der Waals surface area contributed by atoms with Gasteiger partial charge in [0.25, 0.3) is 0 Å². The van der Waals surface area contributed by atoms with Crippen molar-refractivity contribution in [2.75, 3.05) is 0 Å². The summed E-state index contributed by atoms with van der Waals surface area (Å²) in [6.45, 7) is 0. The smallest absolute Gasteiger partial charge is 0.136 e. The van der Waals surface area contributed by atoms with Crippen LogP contribution >= 0.6 is 0 Å². The summed E-state index contributed by atoms with van der Waals surface area (Å²) in [6, 6.07) is 29.5. The Bertz CT molecular complexity index is 1530. The summed E-state index contributed by atoms with van der Waals surface area (Å²) in [6.07, 6.45) is 1.94. The first-order valence-corrected chi connectivity index (χ1v) is 10.7. The lowest BCUT2D eigenvalue weighted by atomic mass is 9.81. The van der Waals surface area contributed by atoms with Crippen molar-refractivity contribution < 1.29 is 4.74 Å². The van der Waals surface area contributed by atoms with Crippen LogP contribution < -0.4 is 4.74 Å². The van der Waals surface area contributed by atoms with Gasteiger partial charge in [0.2, 0.25) is 0 Å². The highest BCUT2D eigenvalue weighted by Gasteiger charge is 2.37. The molecule has 1 unspecified atom stereocenters. The van der Waals surface area contributed by atoms with Crippen LogP contribution in [0.15, 0.2) is 90.5 Å². The molecule has 0 saturated carbocycles. The highest BCUT2D eigenvalue weighted by Crippen LogP contribution is 2.50. The molecule has 1 atom stereocenters. The molecule has 0 saturated heterocycles. The Morgan fingerprint density at radius 3 is 2.65 bits per heavy atom. The standard InChI is InChI=1S/C27H19N3O/c1-3-9-19-17(7-1)14-16-24-25(19)26(30-23-12-6-5-11-22(23)28-29-30)21-15-13-18-8-2-4-10-20(18)27(21)31-24/h1-12,14,16,26H,13,15H2. The zero-order valence-corrected chi connectivity index (χ0v) is 16.8. The molecule has 2 heterocycles. The average molecular weight is 401 g/mol. The van der Waals surface area contributed by atoms with E-state index in [0.29, 0.717) is 0 Å². The van der Waals surface area contributed by atoms with Crippen LogP contribution in [0.2, 0.25) is 0 Å². The fourth-order valence-corrected chi connectivity index (χ4v) is 5.18. The minimum Gasteiger partial charge on any atom is -0.456 e. The zero-order valence-electron chi connectivity index (χ0n) is 16.8. The average Bonchev–Trinajstić information content (AvgIpc) is 3.26. The summed E-state index contributed by atoms with van der Waals surface area (Å²) in [7, 11) is 0. The van der Waals surface area contributed by atoms with Gasteiger partial charge in [-0.15, -0.1) is 5.10 Å². The van der Waals surface area contributed by atoms with Crippen LogP contribution in [0.3, 0.4) is 0 Å². The molecule has 1 aromatic heterocycles. The highest BCUT2D eigenvalue weighted by atomic mass is 16.5. The van der Waals surface area contributed by atoms with E-state index >= 15 is 0 Å². The number of para-hydroxylation sites is 1. The molecule has 148 valence electrons. The molecule has 31 heavy (non-hydrogen) atoms. The lowest BCUT2D eigenvalue weighted by Gasteiger charge is -2.35. The van der Waals surface area contributed by atoms with Crippen molar-refractivity contribution >= 4 is 27.6 Å². The molecule has 1 aliphatic carbocycles. The minimum absolute atomic E-state index is 0.0504. The number of benzene rings is 4. The molecule has 4 heteroatoms. The second-order valence-electron chi connectivity index (χ2n) is 8.24. The highest BCUT2D eigenvalue weighted by molar-refractivity contribution is 5.91. The first-order valence-electron chi connectivity index (χ1n) is 10.7. The van der Waals surface area contributed by atoms with E-state index in [4.69, 9.17) is 4.74 Å². The molecule has 5 aromatic rings. The molecule has 1 aliphatic heterocycles. The van der Waals surface area contributed by atoms with E-state index < -0.39 is 0 Å². The maximum atomic E-state index is 6.63. The predicted molar refractivity (Wildman–Crippen MR) is 122 cm³/mol. The molecule has 7 rings (SSSR count). The second kappa shape index (κ2) is 6.29. The Labute approximate surface area is 179 Å². The third-order valence-corrected chi connectivity index (χ3v) is 6.59. The van der Waals surface area contributed by atoms with E-state index in [0.717, 1.165) is 35.4 Å². The topological polar surface area (TPSA) is 39.9 Å². The summed E-state index contributed by atoms with van der Waals surface area (Å²) in [5.74, 6) is 1.88. The Morgan fingerprint density at radius 1 is 0.806 bits per heavy atom. The van der Waals surface area contributed by atoms with Gasteiger partial charge in [-0.2, -0.15) is 0 Å². The molecule has 0 radical (unpaired) electrons. The number of hydrogen-bond acceptors (Lipinski definition) is 3. The number of ether oxygens (including phenoxy) is 1. The fourth-order valence-electron chi connectivity index (χ4n) is 5.18. The summed E-state index contributed by atoms with van der Waals surface area (Å²) < 4.78 is 8.72. The number of aromatic nitrogens is 3. The van der Waals surface area contributed by atoms with Crippen molar-refractivity contribution in [1.82, 2.24) is 15.0 Å². The number of nitrogens with zero attached hydrogens (tertiary/aromatic N) is 3. The Hall–Kier alpha value is -3.92. The maximum absolute atomic E-state index is 6.63. The number of hydrogen-bond donors (Lipinski definition) is 0. The molecular weight excluding hydrogens is 382 g/mol. The van der Waals surface area contributed by atoms with Crippen LogP contribution in [0.4, 0.5) is 0 Å². The van der Waals surface area contributed by atoms with E-state index in [1.165, 1.54) is 33.0 Å². The lowest BCUT2D eigenvalue weighted by molar-refractivity contribution is 0.440. The first kappa shape index (κ1) is 16.8. The van der Waals surface area contributed by atoms with Crippen molar-refractivity contribution in [2.45, 2.75) is 18.9 Å². The molecule has 2 aliphatic rings. The summed E-state index contributed by atoms with van der Waals surface area (Å²) in [5.41, 5.74) is 6.93. The Balaban J connectivity index is 1.58. The van der Waals surface area contributed by atoms with E-state index in [9.17, 15) is 0 Å². The van der Waals surface area contributed by atoms with Crippen LogP contribution in [0, 0.1) is 0 Å². The van der Waals surface area contributed by atoms with E-state index in [1.807, 2.05) is 12.1 Å². The number of allylic oxidation sites excluding steroid dienone is 1. The zero-order chi connectivity index (χ0) is 20.4. The van der Waals surface area contributed by atoms with Gasteiger partial charge in [0.1, 0.15) is 23.1 Å². The van der Waals surface area contributed by atoms with Gasteiger partial charge in [-0.3, -0.25) is 0 Å². The van der Waals surface area contributed by atoms with Gasteiger partial charge in [-0.1, -0.05) is 71.9 Å². The maximum Gasteiger partial charge on any atom is 0.136 e. The normalized spacial score (nSPS) is 17.2. The van der Waals surface area contributed by atoms with Gasteiger partial charge >= 0.3 is 0 Å². The third kappa shape index (κ3) is 2.36. The van der Waals surface area contributed by atoms with Gasteiger partial charge in [-0.05, 0) is 47.4 Å². The molecule has 0 fully saturated rings. The van der Waals surface area contributed by atoms with Gasteiger partial charge < -0.3 is 4.74 Å². The molecule has 4 aromatic carbocycles. The van der Waals surface area contributed by atoms with E-state index in [1.54, 1.807) is 0 Å². The van der Waals surface area contributed by atoms with Crippen LogP contribution in [0.25, 0.3) is 27.6 Å². The summed E-state index contributed by atoms with van der Waals surface area (Å²) >= 11 is 0. The largest absolute Gasteiger partial charge is 0.456 e. The lowest BCUT2D eigenvalue weighted by Crippen LogP contribution is -2.25. The molecule has 0 bridgehead atoms. The van der Waals surface area contributed by atoms with Crippen molar-refractivity contribution in [3.8, 4) is 5.75 Å². The van der Waals surface area contributed by atoms with Crippen molar-refractivity contribution in [3.63, 3.8) is 0 Å². The van der Waals surface area contributed by atoms with E-state index in [-0.39, 0.29) is 6.04 Å². The van der Waals surface area contributed by atoms with Crippen LogP contribution in [-0.4, -0.2) is 15.0 Å². The third-order valence-electron chi connectivity index (χ3n) is 6.59. The number of aryl methyl sites for hydroxylation is 1. The van der Waals surface area contributed by atoms with Crippen molar-refractivity contribution in [3.05, 3.63) is 107 Å². The fraction of sp³-hybridized carbons (Fsp3) is 0.111. The first-order chi connectivity index (χ1) is 15.4. The molecule has 4 nitrogen and oxygen atoms in total. The Kier molecular flexibility index (Phi) is 3.41. The van der Waals surface area contributed by atoms with E-state index in [2.05, 4.69) is 87.8 Å². The molecule has 0 spiro atoms. The van der Waals surface area contributed by atoms with Crippen LogP contribution in [0.1, 0.15) is 29.2 Å². The molecule has 0 N–H and O–H groups in total. The monoisotopic (exact) mass is 401 g/mol. The minimum atomic E-state index is -0.0504. The van der Waals surface area contributed by atoms with Crippen molar-refractivity contribution in [1.29, 1.82) is 0 Å². The van der Waals surface area contributed by atoms with Crippen LogP contribution in [0.5, 0.6) is 5.75 Å². The summed E-state index contributed by atoms with van der Waals surface area (Å²) in [4.78, 5) is 0. The van der Waals surface area contributed by atoms with Gasteiger partial charge in [0.15, 0.2) is 0 Å². The predicted octanol–water partition coefficient (Wildman–Crippen LogP) is 5.92. The molecular formula is C27H19N3O. The van der Waals surface area contributed by atoms with Gasteiger partial charge in [-0.25, -0.2) is 4.68 Å². The quantitative estimate of drug-likeness (QED) is 0.350. The number of fused-ring (bicyclic) bond motifs is 6. The summed E-state index contributed by atoms with van der Waals surface area (Å²) in [5, 5.41) is 11.5. The molecule has 0 amide bonds. The van der Waals surface area contributed by atoms with Crippen LogP contribution in [-0.2, 0) is 6.42 Å². The Morgan fingerprint density at radius 2 is 1.65 bits per heavy atom. The second-order valence-corrected chi connectivity index (χ2v) is 8.24. The van der Waals surface area contributed by atoms with Crippen molar-refractivity contribution in [2.24, 2.45) is 0 Å². The number of rotatable bonds is 1. The SMILES string of the molecule is c1ccc2c(c1)CCC1=C2Oc2ccc3ccccc3c2C1n1nnc2ccccc21. The van der Waals surface area contributed by atoms with Gasteiger partial charge in [0, 0.05) is 16.7 Å². The van der Waals surface area contributed by atoms with Gasteiger partial charge in [0.05, 0.1) is 5.52 Å².